The summed E-state index contributed by atoms with van der Waals surface area (Å²) in [6.45, 7) is 1.05. The van der Waals surface area contributed by atoms with Crippen LogP contribution < -0.4 is 5.32 Å². The predicted octanol–water partition coefficient (Wildman–Crippen LogP) is 2.09. The molecular weight excluding hydrogens is 174 g/mol. The Labute approximate surface area is 86.4 Å². The molecule has 3 fully saturated rings. The van der Waals surface area contributed by atoms with Gasteiger partial charge in [-0.1, -0.05) is 6.42 Å². The van der Waals surface area contributed by atoms with Gasteiger partial charge in [0.15, 0.2) is 0 Å². The number of hydrogen-bond donors (Lipinski definition) is 1. The van der Waals surface area contributed by atoms with Crippen molar-refractivity contribution in [1.82, 2.24) is 5.32 Å². The minimum absolute atomic E-state index is 0.578. The van der Waals surface area contributed by atoms with Gasteiger partial charge in [-0.2, -0.15) is 0 Å². The molecule has 2 nitrogen and oxygen atoms in total. The number of piperidine rings is 1. The van der Waals surface area contributed by atoms with Gasteiger partial charge >= 0.3 is 0 Å². The second kappa shape index (κ2) is 3.82. The molecule has 80 valence electrons. The normalized spacial score (nSPS) is 42.4. The van der Waals surface area contributed by atoms with Gasteiger partial charge in [-0.3, -0.25) is 0 Å². The van der Waals surface area contributed by atoms with Crippen LogP contribution in [0.15, 0.2) is 0 Å². The van der Waals surface area contributed by atoms with Crippen LogP contribution >= 0.6 is 0 Å². The molecule has 2 heterocycles. The average Bonchev–Trinajstić information content (AvgIpc) is 2.43. The summed E-state index contributed by atoms with van der Waals surface area (Å²) in [4.78, 5) is 0. The molecular formula is C12H21NO. The Morgan fingerprint density at radius 2 is 1.71 bits per heavy atom. The van der Waals surface area contributed by atoms with E-state index in [4.69, 9.17) is 4.74 Å². The van der Waals surface area contributed by atoms with Gasteiger partial charge in [0.25, 0.3) is 0 Å². The lowest BCUT2D eigenvalue weighted by molar-refractivity contribution is -0.0131. The summed E-state index contributed by atoms with van der Waals surface area (Å²) in [5, 5.41) is 3.66. The second-order valence-corrected chi connectivity index (χ2v) is 5.36. The van der Waals surface area contributed by atoms with Gasteiger partial charge in [0.1, 0.15) is 0 Å². The van der Waals surface area contributed by atoms with Crippen molar-refractivity contribution in [2.75, 3.05) is 6.61 Å². The zero-order chi connectivity index (χ0) is 9.38. The smallest absolute Gasteiger partial charge is 0.0604 e. The lowest BCUT2D eigenvalue weighted by atomic mass is 9.86. The Morgan fingerprint density at radius 3 is 2.29 bits per heavy atom. The molecule has 0 aromatic heterocycles. The summed E-state index contributed by atoms with van der Waals surface area (Å²) >= 11 is 0. The Bertz CT molecular complexity index is 190. The van der Waals surface area contributed by atoms with Gasteiger partial charge in [0, 0.05) is 18.7 Å². The molecule has 1 aliphatic carbocycles. The van der Waals surface area contributed by atoms with Gasteiger partial charge in [0.05, 0.1) is 6.10 Å². The summed E-state index contributed by atoms with van der Waals surface area (Å²) in [6.07, 6.45) is 10.1. The van der Waals surface area contributed by atoms with E-state index in [0.29, 0.717) is 6.10 Å². The molecule has 2 aliphatic heterocycles. The van der Waals surface area contributed by atoms with Crippen molar-refractivity contribution in [3.8, 4) is 0 Å². The van der Waals surface area contributed by atoms with Crippen LogP contribution in [0.4, 0.5) is 0 Å². The molecule has 2 saturated heterocycles. The summed E-state index contributed by atoms with van der Waals surface area (Å²) < 4.78 is 6.03. The van der Waals surface area contributed by atoms with Crippen molar-refractivity contribution in [2.24, 2.45) is 5.92 Å². The van der Waals surface area contributed by atoms with Crippen LogP contribution in [-0.4, -0.2) is 24.8 Å². The fourth-order valence-corrected chi connectivity index (χ4v) is 3.07. The third kappa shape index (κ3) is 1.82. The molecule has 3 atom stereocenters. The number of hydrogen-bond acceptors (Lipinski definition) is 2. The quantitative estimate of drug-likeness (QED) is 0.744. The molecule has 2 heteroatoms. The molecule has 0 radical (unpaired) electrons. The van der Waals surface area contributed by atoms with E-state index in [2.05, 4.69) is 5.32 Å². The Morgan fingerprint density at radius 1 is 1.00 bits per heavy atom. The zero-order valence-electron chi connectivity index (χ0n) is 8.87. The first-order valence-corrected chi connectivity index (χ1v) is 6.28. The largest absolute Gasteiger partial charge is 0.378 e. The standard InChI is InChI=1S/C12H21NO/c1-2-9(3-1)8-14-12-6-10-4-5-11(7-12)13-10/h9-13H,1-8H2/t10-,11+,12-. The molecule has 2 bridgehead atoms. The van der Waals surface area contributed by atoms with Crippen molar-refractivity contribution in [2.45, 2.75) is 63.1 Å². The van der Waals surface area contributed by atoms with E-state index >= 15 is 0 Å². The molecule has 0 unspecified atom stereocenters. The number of ether oxygens (including phenoxy) is 1. The highest BCUT2D eigenvalue weighted by atomic mass is 16.5. The summed E-state index contributed by atoms with van der Waals surface area (Å²) in [5.74, 6) is 0.905. The fourth-order valence-electron chi connectivity index (χ4n) is 3.07. The van der Waals surface area contributed by atoms with Gasteiger partial charge < -0.3 is 10.1 Å². The lowest BCUT2D eigenvalue weighted by Crippen LogP contribution is -2.42. The molecule has 0 aromatic carbocycles. The van der Waals surface area contributed by atoms with Crippen LogP contribution in [0.3, 0.4) is 0 Å². The molecule has 0 aromatic rings. The van der Waals surface area contributed by atoms with Gasteiger partial charge in [-0.15, -0.1) is 0 Å². The maximum absolute atomic E-state index is 6.03. The SMILES string of the molecule is C1CC(CO[C@@H]2C[C@H]3CC[C@@H](C2)N3)C1. The first-order chi connectivity index (χ1) is 6.90. The molecule has 0 amide bonds. The highest BCUT2D eigenvalue weighted by Gasteiger charge is 2.34. The minimum atomic E-state index is 0.578. The average molecular weight is 195 g/mol. The van der Waals surface area contributed by atoms with E-state index in [0.717, 1.165) is 24.6 Å². The van der Waals surface area contributed by atoms with Crippen LogP contribution in [-0.2, 0) is 4.74 Å². The van der Waals surface area contributed by atoms with Gasteiger partial charge in [-0.05, 0) is 44.4 Å². The second-order valence-electron chi connectivity index (χ2n) is 5.36. The molecule has 1 saturated carbocycles. The van der Waals surface area contributed by atoms with Crippen molar-refractivity contribution < 1.29 is 4.74 Å². The third-order valence-corrected chi connectivity index (χ3v) is 4.22. The Hall–Kier alpha value is -0.0800. The third-order valence-electron chi connectivity index (χ3n) is 4.22. The highest BCUT2D eigenvalue weighted by molar-refractivity contribution is 4.92. The maximum atomic E-state index is 6.03. The summed E-state index contributed by atoms with van der Waals surface area (Å²) in [5.41, 5.74) is 0. The van der Waals surface area contributed by atoms with E-state index < -0.39 is 0 Å². The predicted molar refractivity (Wildman–Crippen MR) is 56.3 cm³/mol. The molecule has 3 aliphatic rings. The number of nitrogens with one attached hydrogen (secondary N) is 1. The first-order valence-electron chi connectivity index (χ1n) is 6.28. The van der Waals surface area contributed by atoms with E-state index in [1.165, 1.54) is 44.9 Å². The van der Waals surface area contributed by atoms with Gasteiger partial charge in [0.2, 0.25) is 0 Å². The van der Waals surface area contributed by atoms with Gasteiger partial charge in [-0.25, -0.2) is 0 Å². The molecule has 1 N–H and O–H groups in total. The summed E-state index contributed by atoms with van der Waals surface area (Å²) in [6, 6.07) is 1.56. The van der Waals surface area contributed by atoms with E-state index in [-0.39, 0.29) is 0 Å². The van der Waals surface area contributed by atoms with Crippen LogP contribution in [0, 0.1) is 5.92 Å². The minimum Gasteiger partial charge on any atom is -0.378 e. The molecule has 14 heavy (non-hydrogen) atoms. The number of fused-ring (bicyclic) bond motifs is 2. The van der Waals surface area contributed by atoms with E-state index in [1.54, 1.807) is 0 Å². The zero-order valence-corrected chi connectivity index (χ0v) is 8.87. The van der Waals surface area contributed by atoms with Crippen molar-refractivity contribution in [1.29, 1.82) is 0 Å². The fraction of sp³-hybridized carbons (Fsp3) is 1.00. The van der Waals surface area contributed by atoms with Crippen molar-refractivity contribution >= 4 is 0 Å². The van der Waals surface area contributed by atoms with Crippen molar-refractivity contribution in [3.63, 3.8) is 0 Å². The molecule has 3 rings (SSSR count). The van der Waals surface area contributed by atoms with Crippen LogP contribution in [0.25, 0.3) is 0 Å². The van der Waals surface area contributed by atoms with E-state index in [1.807, 2.05) is 0 Å². The van der Waals surface area contributed by atoms with Crippen LogP contribution in [0.2, 0.25) is 0 Å². The Kier molecular flexibility index (Phi) is 2.50. The highest BCUT2D eigenvalue weighted by Crippen LogP contribution is 2.31. The molecule has 0 spiro atoms. The lowest BCUT2D eigenvalue weighted by Gasteiger charge is -2.32. The van der Waals surface area contributed by atoms with Crippen molar-refractivity contribution in [3.05, 3.63) is 0 Å². The number of rotatable bonds is 3. The maximum Gasteiger partial charge on any atom is 0.0604 e. The van der Waals surface area contributed by atoms with Crippen LogP contribution in [0.1, 0.15) is 44.9 Å². The van der Waals surface area contributed by atoms with E-state index in [9.17, 15) is 0 Å². The summed E-state index contributed by atoms with van der Waals surface area (Å²) in [7, 11) is 0. The monoisotopic (exact) mass is 195 g/mol. The first kappa shape index (κ1) is 9.17. The Balaban J connectivity index is 1.44. The topological polar surface area (TPSA) is 21.3 Å². The van der Waals surface area contributed by atoms with Crippen LogP contribution in [0.5, 0.6) is 0 Å².